The number of rotatable bonds is 8. The fourth-order valence-corrected chi connectivity index (χ4v) is 4.99. The zero-order valence-electron chi connectivity index (χ0n) is 16.2. The Morgan fingerprint density at radius 2 is 2.00 bits per heavy atom. The molecule has 29 heavy (non-hydrogen) atoms. The topological polar surface area (TPSA) is 87.2 Å². The van der Waals surface area contributed by atoms with Gasteiger partial charge in [-0.15, -0.1) is 10.2 Å². The number of para-hydroxylation sites is 1. The average Bonchev–Trinajstić information content (AvgIpc) is 3.16. The second-order valence-electron chi connectivity index (χ2n) is 6.92. The fraction of sp³-hybridized carbons (Fsp3) is 0.474. The zero-order chi connectivity index (χ0) is 20.6. The van der Waals surface area contributed by atoms with Crippen LogP contribution in [0.1, 0.15) is 32.1 Å². The Kier molecular flexibility index (Phi) is 8.14. The van der Waals surface area contributed by atoms with Gasteiger partial charge in [-0.05, 0) is 25.0 Å². The van der Waals surface area contributed by atoms with Crippen molar-refractivity contribution in [2.45, 2.75) is 42.5 Å². The van der Waals surface area contributed by atoms with E-state index in [1.807, 2.05) is 0 Å². The lowest BCUT2D eigenvalue weighted by Crippen LogP contribution is -2.36. The molecule has 10 heteroatoms. The molecule has 2 aromatic rings. The normalized spacial score (nSPS) is 14.4. The smallest absolute Gasteiger partial charge is 0.244 e. The number of thioether (sulfide) groups is 1. The van der Waals surface area contributed by atoms with Crippen molar-refractivity contribution in [3.8, 4) is 0 Å². The van der Waals surface area contributed by atoms with E-state index < -0.39 is 0 Å². The standard InChI is InChI=1S/C19H24ClN5O2S2/c1-25(11-16(26)22-15-10-6-5-9-14(15)20)17(27)12-28-19-24-23-18(29-19)21-13-7-3-2-4-8-13/h5-6,9-10,13H,2-4,7-8,11-12H2,1H3,(H,21,23)(H,22,26). The maximum Gasteiger partial charge on any atom is 0.244 e. The van der Waals surface area contributed by atoms with Crippen LogP contribution in [0.25, 0.3) is 0 Å². The third-order valence-electron chi connectivity index (χ3n) is 4.61. The molecule has 3 rings (SSSR count). The number of benzene rings is 1. The van der Waals surface area contributed by atoms with Crippen molar-refractivity contribution < 1.29 is 9.59 Å². The summed E-state index contributed by atoms with van der Waals surface area (Å²) in [6.45, 7) is -0.0464. The van der Waals surface area contributed by atoms with Crippen molar-refractivity contribution in [2.75, 3.05) is 30.0 Å². The molecule has 2 N–H and O–H groups in total. The summed E-state index contributed by atoms with van der Waals surface area (Å²) in [4.78, 5) is 25.9. The molecule has 0 unspecified atom stereocenters. The summed E-state index contributed by atoms with van der Waals surface area (Å²) in [6.07, 6.45) is 6.15. The number of likely N-dealkylation sites (N-methyl/N-ethyl adjacent to an activating group) is 1. The molecule has 2 amide bonds. The predicted molar refractivity (Wildman–Crippen MR) is 119 cm³/mol. The number of nitrogens with one attached hydrogen (secondary N) is 2. The third-order valence-corrected chi connectivity index (χ3v) is 6.91. The van der Waals surface area contributed by atoms with Crippen LogP contribution in [0.5, 0.6) is 0 Å². The van der Waals surface area contributed by atoms with Crippen LogP contribution < -0.4 is 10.6 Å². The number of hydrogen-bond acceptors (Lipinski definition) is 7. The van der Waals surface area contributed by atoms with E-state index in [4.69, 9.17) is 11.6 Å². The second kappa shape index (κ2) is 10.8. The molecule has 1 fully saturated rings. The number of carbonyl (C=O) groups is 2. The summed E-state index contributed by atoms with van der Waals surface area (Å²) < 4.78 is 0.741. The Balaban J connectivity index is 1.41. The first-order valence-corrected chi connectivity index (χ1v) is 11.7. The SMILES string of the molecule is CN(CC(=O)Nc1ccccc1Cl)C(=O)CSc1nnc(NC2CCCCC2)s1. The number of nitrogens with zero attached hydrogens (tertiary/aromatic N) is 3. The molecule has 0 saturated heterocycles. The van der Waals surface area contributed by atoms with Gasteiger partial charge in [0.1, 0.15) is 0 Å². The first kappa shape index (κ1) is 21.9. The van der Waals surface area contributed by atoms with Crippen LogP contribution in [0, 0.1) is 0 Å². The highest BCUT2D eigenvalue weighted by molar-refractivity contribution is 8.01. The van der Waals surface area contributed by atoms with Crippen LogP contribution in [0.2, 0.25) is 5.02 Å². The van der Waals surface area contributed by atoms with Gasteiger partial charge in [0, 0.05) is 13.1 Å². The van der Waals surface area contributed by atoms with Gasteiger partial charge in [-0.1, -0.05) is 66.1 Å². The minimum absolute atomic E-state index is 0.0464. The minimum atomic E-state index is -0.297. The van der Waals surface area contributed by atoms with Crippen molar-refractivity contribution in [3.63, 3.8) is 0 Å². The van der Waals surface area contributed by atoms with Crippen LogP contribution in [0.4, 0.5) is 10.8 Å². The molecule has 1 aliphatic rings. The number of carbonyl (C=O) groups excluding carboxylic acids is 2. The Morgan fingerprint density at radius 1 is 1.24 bits per heavy atom. The lowest BCUT2D eigenvalue weighted by atomic mass is 9.96. The first-order valence-electron chi connectivity index (χ1n) is 9.52. The maximum absolute atomic E-state index is 12.3. The van der Waals surface area contributed by atoms with E-state index in [9.17, 15) is 9.59 Å². The lowest BCUT2D eigenvalue weighted by molar-refractivity contribution is -0.131. The molecule has 156 valence electrons. The molecular formula is C19H24ClN5O2S2. The van der Waals surface area contributed by atoms with Crippen LogP contribution in [0.3, 0.4) is 0 Å². The zero-order valence-corrected chi connectivity index (χ0v) is 18.6. The molecule has 0 spiro atoms. The van der Waals surface area contributed by atoms with Gasteiger partial charge in [0.05, 0.1) is 23.0 Å². The summed E-state index contributed by atoms with van der Waals surface area (Å²) >= 11 is 8.83. The van der Waals surface area contributed by atoms with E-state index in [2.05, 4.69) is 20.8 Å². The van der Waals surface area contributed by atoms with E-state index in [-0.39, 0.29) is 24.1 Å². The molecule has 1 aromatic carbocycles. The Bertz CT molecular complexity index is 842. The van der Waals surface area contributed by atoms with Gasteiger partial charge in [0.15, 0.2) is 4.34 Å². The number of anilines is 2. The number of hydrogen-bond donors (Lipinski definition) is 2. The number of halogens is 1. The Labute approximate surface area is 183 Å². The fourth-order valence-electron chi connectivity index (χ4n) is 3.04. The van der Waals surface area contributed by atoms with Crippen molar-refractivity contribution >= 4 is 57.3 Å². The molecular weight excluding hydrogens is 430 g/mol. The highest BCUT2D eigenvalue weighted by Gasteiger charge is 2.17. The molecule has 0 radical (unpaired) electrons. The van der Waals surface area contributed by atoms with Gasteiger partial charge in [0.25, 0.3) is 0 Å². The average molecular weight is 454 g/mol. The number of amides is 2. The molecule has 1 aromatic heterocycles. The summed E-state index contributed by atoms with van der Waals surface area (Å²) in [7, 11) is 1.60. The van der Waals surface area contributed by atoms with Crippen LogP contribution in [-0.2, 0) is 9.59 Å². The summed E-state index contributed by atoms with van der Waals surface area (Å²) in [6, 6.07) is 7.45. The largest absolute Gasteiger partial charge is 0.357 e. The van der Waals surface area contributed by atoms with Crippen LogP contribution in [-0.4, -0.2) is 52.3 Å². The quantitative estimate of drug-likeness (QED) is 0.584. The molecule has 0 bridgehead atoms. The molecule has 0 atom stereocenters. The van der Waals surface area contributed by atoms with Crippen LogP contribution >= 0.6 is 34.7 Å². The molecule has 0 aliphatic heterocycles. The minimum Gasteiger partial charge on any atom is -0.357 e. The maximum atomic E-state index is 12.3. The summed E-state index contributed by atoms with van der Waals surface area (Å²) in [5, 5.41) is 15.7. The van der Waals surface area contributed by atoms with Crippen molar-refractivity contribution in [3.05, 3.63) is 29.3 Å². The molecule has 1 heterocycles. The second-order valence-corrected chi connectivity index (χ2v) is 9.53. The van der Waals surface area contributed by atoms with Crippen molar-refractivity contribution in [2.24, 2.45) is 0 Å². The molecule has 7 nitrogen and oxygen atoms in total. The highest BCUT2D eigenvalue weighted by Crippen LogP contribution is 2.28. The lowest BCUT2D eigenvalue weighted by Gasteiger charge is -2.21. The van der Waals surface area contributed by atoms with Crippen molar-refractivity contribution in [1.82, 2.24) is 15.1 Å². The van der Waals surface area contributed by atoms with Gasteiger partial charge in [0.2, 0.25) is 16.9 Å². The summed E-state index contributed by atoms with van der Waals surface area (Å²) in [5.74, 6) is -0.247. The van der Waals surface area contributed by atoms with Gasteiger partial charge < -0.3 is 15.5 Å². The Hall–Kier alpha value is -1.84. The highest BCUT2D eigenvalue weighted by atomic mass is 35.5. The summed E-state index contributed by atoms with van der Waals surface area (Å²) in [5.41, 5.74) is 0.529. The van der Waals surface area contributed by atoms with E-state index in [0.29, 0.717) is 16.8 Å². The molecule has 1 saturated carbocycles. The van der Waals surface area contributed by atoms with Crippen molar-refractivity contribution in [1.29, 1.82) is 0 Å². The van der Waals surface area contributed by atoms with E-state index in [1.165, 1.54) is 60.1 Å². The van der Waals surface area contributed by atoms with E-state index in [1.54, 1.807) is 31.3 Å². The third kappa shape index (κ3) is 6.87. The van der Waals surface area contributed by atoms with Gasteiger partial charge >= 0.3 is 0 Å². The van der Waals surface area contributed by atoms with E-state index >= 15 is 0 Å². The van der Waals surface area contributed by atoms with Crippen LogP contribution in [0.15, 0.2) is 28.6 Å². The van der Waals surface area contributed by atoms with Gasteiger partial charge in [-0.2, -0.15) is 0 Å². The predicted octanol–water partition coefficient (Wildman–Crippen LogP) is 4.13. The Morgan fingerprint density at radius 3 is 2.76 bits per heavy atom. The molecule has 1 aliphatic carbocycles. The number of aromatic nitrogens is 2. The van der Waals surface area contributed by atoms with Gasteiger partial charge in [-0.3, -0.25) is 9.59 Å². The first-order chi connectivity index (χ1) is 14.0. The monoisotopic (exact) mass is 453 g/mol. The van der Waals surface area contributed by atoms with Gasteiger partial charge in [-0.25, -0.2) is 0 Å². The van der Waals surface area contributed by atoms with E-state index in [0.717, 1.165) is 9.47 Å².